The zero-order valence-corrected chi connectivity index (χ0v) is 11.0. The Kier molecular flexibility index (Phi) is 4.43. The van der Waals surface area contributed by atoms with Gasteiger partial charge in [-0.2, -0.15) is 0 Å². The lowest BCUT2D eigenvalue weighted by Crippen LogP contribution is -2.55. The van der Waals surface area contributed by atoms with Crippen molar-refractivity contribution in [3.63, 3.8) is 0 Å². The third-order valence-corrected chi connectivity index (χ3v) is 4.95. The van der Waals surface area contributed by atoms with Gasteiger partial charge in [-0.3, -0.25) is 10.1 Å². The largest absolute Gasteiger partial charge is 0.479 e. The molecule has 0 amide bonds. The molecule has 0 aliphatic heterocycles. The fraction of sp³-hybridized carbons (Fsp3) is 0.300. The van der Waals surface area contributed by atoms with Crippen LogP contribution in [0.25, 0.3) is 0 Å². The van der Waals surface area contributed by atoms with Crippen LogP contribution in [0.1, 0.15) is 6.42 Å². The van der Waals surface area contributed by atoms with Crippen molar-refractivity contribution in [1.82, 2.24) is 0 Å². The Morgan fingerprint density at radius 1 is 1.35 bits per heavy atom. The number of benzene rings is 1. The number of sulfone groups is 1. The summed E-state index contributed by atoms with van der Waals surface area (Å²) in [5, 5.41) is 19.5. The molecule has 9 nitrogen and oxygen atoms in total. The number of carboxylic acids is 1. The van der Waals surface area contributed by atoms with E-state index in [1.165, 1.54) is 0 Å². The lowest BCUT2D eigenvalue weighted by atomic mass is 10.2. The summed E-state index contributed by atoms with van der Waals surface area (Å²) >= 11 is 0. The molecule has 0 heterocycles. The molecule has 0 saturated carbocycles. The van der Waals surface area contributed by atoms with Crippen LogP contribution in [0, 0.1) is 10.1 Å². The molecule has 0 bridgehead atoms. The molecule has 1 aromatic rings. The first-order valence-electron chi connectivity index (χ1n) is 5.38. The summed E-state index contributed by atoms with van der Waals surface area (Å²) < 4.78 is 24.5. The number of carboxylic acid groups (broad SMARTS) is 1. The number of hydrogen-bond acceptors (Lipinski definition) is 7. The molecule has 0 aromatic heterocycles. The molecule has 10 heteroatoms. The number of carbonyl (C=O) groups is 1. The maximum absolute atomic E-state index is 12.2. The van der Waals surface area contributed by atoms with Crippen molar-refractivity contribution in [3.05, 3.63) is 34.4 Å². The van der Waals surface area contributed by atoms with E-state index >= 15 is 0 Å². The summed E-state index contributed by atoms with van der Waals surface area (Å²) in [5.74, 6) is -1.73. The third kappa shape index (κ3) is 2.61. The molecule has 0 aliphatic carbocycles. The topological polar surface area (TPSA) is 167 Å². The van der Waals surface area contributed by atoms with E-state index in [1.807, 2.05) is 0 Å². The van der Waals surface area contributed by atoms with Gasteiger partial charge >= 0.3 is 5.97 Å². The lowest BCUT2D eigenvalue weighted by Gasteiger charge is -2.24. The van der Waals surface area contributed by atoms with Gasteiger partial charge in [-0.25, -0.2) is 13.2 Å². The van der Waals surface area contributed by atoms with E-state index in [0.29, 0.717) is 0 Å². The number of nitro benzene ring substituents is 1. The Labute approximate surface area is 114 Å². The van der Waals surface area contributed by atoms with Crippen LogP contribution in [0.5, 0.6) is 0 Å². The third-order valence-electron chi connectivity index (χ3n) is 2.72. The van der Waals surface area contributed by atoms with Crippen molar-refractivity contribution < 1.29 is 23.2 Å². The molecule has 1 unspecified atom stereocenters. The van der Waals surface area contributed by atoms with Crippen LogP contribution in [0.3, 0.4) is 0 Å². The highest BCUT2D eigenvalue weighted by atomic mass is 32.2. The highest BCUT2D eigenvalue weighted by molar-refractivity contribution is 7.93. The monoisotopic (exact) mass is 303 g/mol. The molecule has 20 heavy (non-hydrogen) atoms. The van der Waals surface area contributed by atoms with Gasteiger partial charge in [0.05, 0.1) is 9.82 Å². The number of nitrogens with two attached hydrogens (primary N) is 2. The predicted molar refractivity (Wildman–Crippen MR) is 68.5 cm³/mol. The summed E-state index contributed by atoms with van der Waals surface area (Å²) in [7, 11) is -4.43. The normalized spacial score (nSPS) is 14.5. The first-order valence-corrected chi connectivity index (χ1v) is 6.86. The average Bonchev–Trinajstić information content (AvgIpc) is 2.38. The summed E-state index contributed by atoms with van der Waals surface area (Å²) in [6.07, 6.45) is -0.484. The SMILES string of the molecule is NCCC(N)(C(=O)O)S(=O)(=O)c1ccc([N+](=O)[O-])cc1. The fourth-order valence-corrected chi connectivity index (χ4v) is 3.06. The number of rotatable bonds is 6. The fourth-order valence-electron chi connectivity index (χ4n) is 1.53. The Bertz CT molecular complexity index is 627. The summed E-state index contributed by atoms with van der Waals surface area (Å²) in [6.45, 7) is -0.241. The van der Waals surface area contributed by atoms with Crippen LogP contribution < -0.4 is 11.5 Å². The second-order valence-corrected chi connectivity index (χ2v) is 6.19. The molecule has 1 atom stereocenters. The highest BCUT2D eigenvalue weighted by Gasteiger charge is 2.47. The Balaban J connectivity index is 3.34. The van der Waals surface area contributed by atoms with Crippen LogP contribution in [-0.2, 0) is 14.6 Å². The second kappa shape index (κ2) is 5.53. The van der Waals surface area contributed by atoms with Gasteiger partial charge in [0.15, 0.2) is 0 Å². The number of hydrogen-bond donors (Lipinski definition) is 3. The van der Waals surface area contributed by atoms with E-state index in [0.717, 1.165) is 24.3 Å². The zero-order chi connectivity index (χ0) is 15.6. The molecule has 1 aromatic carbocycles. The summed E-state index contributed by atoms with van der Waals surface area (Å²) in [6, 6.07) is 3.79. The van der Waals surface area contributed by atoms with Crippen LogP contribution in [0.2, 0.25) is 0 Å². The molecule has 110 valence electrons. The van der Waals surface area contributed by atoms with Crippen LogP contribution >= 0.6 is 0 Å². The molecular weight excluding hydrogens is 290 g/mol. The van der Waals surface area contributed by atoms with Gasteiger partial charge < -0.3 is 16.6 Å². The van der Waals surface area contributed by atoms with Gasteiger partial charge in [0, 0.05) is 18.6 Å². The molecule has 0 radical (unpaired) electrons. The van der Waals surface area contributed by atoms with Crippen LogP contribution in [0.4, 0.5) is 5.69 Å². The number of nitro groups is 1. The molecule has 0 spiro atoms. The standard InChI is InChI=1S/C10H13N3O6S/c11-6-5-10(12,9(14)15)20(18,19)8-3-1-7(2-4-8)13(16)17/h1-4H,5-6,11-12H2,(H,14,15). The van der Waals surface area contributed by atoms with E-state index in [9.17, 15) is 23.3 Å². The van der Waals surface area contributed by atoms with Crippen molar-refractivity contribution in [1.29, 1.82) is 0 Å². The van der Waals surface area contributed by atoms with E-state index in [1.54, 1.807) is 0 Å². The molecular formula is C10H13N3O6S. The quantitative estimate of drug-likeness (QED) is 0.465. The molecule has 5 N–H and O–H groups in total. The van der Waals surface area contributed by atoms with Crippen LogP contribution in [0.15, 0.2) is 29.2 Å². The molecule has 1 rings (SSSR count). The molecule has 0 saturated heterocycles. The van der Waals surface area contributed by atoms with Gasteiger partial charge in [0.1, 0.15) is 0 Å². The number of nitrogens with zero attached hydrogens (tertiary/aromatic N) is 1. The Morgan fingerprint density at radius 3 is 2.20 bits per heavy atom. The van der Waals surface area contributed by atoms with Gasteiger partial charge in [-0.1, -0.05) is 0 Å². The summed E-state index contributed by atoms with van der Waals surface area (Å²) in [4.78, 5) is 17.9. The van der Waals surface area contributed by atoms with Gasteiger partial charge in [0.25, 0.3) is 5.69 Å². The van der Waals surface area contributed by atoms with Crippen LogP contribution in [-0.4, -0.2) is 35.8 Å². The smallest absolute Gasteiger partial charge is 0.340 e. The number of aliphatic carboxylic acids is 1. The minimum atomic E-state index is -4.43. The van der Waals surface area contributed by atoms with Gasteiger partial charge in [-0.15, -0.1) is 0 Å². The Hall–Kier alpha value is -2.04. The Morgan fingerprint density at radius 2 is 1.85 bits per heavy atom. The van der Waals surface area contributed by atoms with E-state index < -0.39 is 36.9 Å². The predicted octanol–water partition coefficient (Wildman–Crippen LogP) is -0.543. The second-order valence-electron chi connectivity index (χ2n) is 3.99. The first-order chi connectivity index (χ1) is 9.16. The van der Waals surface area contributed by atoms with E-state index in [4.69, 9.17) is 16.6 Å². The van der Waals surface area contributed by atoms with Gasteiger partial charge in [0.2, 0.25) is 14.7 Å². The minimum absolute atomic E-state index is 0.241. The molecule has 0 aliphatic rings. The van der Waals surface area contributed by atoms with Gasteiger partial charge in [-0.05, 0) is 18.7 Å². The van der Waals surface area contributed by atoms with Crippen molar-refractivity contribution in [3.8, 4) is 0 Å². The summed E-state index contributed by atoms with van der Waals surface area (Å²) in [5.41, 5.74) is 10.3. The van der Waals surface area contributed by atoms with E-state index in [-0.39, 0.29) is 12.2 Å². The average molecular weight is 303 g/mol. The lowest BCUT2D eigenvalue weighted by molar-refractivity contribution is -0.384. The van der Waals surface area contributed by atoms with Crippen molar-refractivity contribution in [2.75, 3.05) is 6.54 Å². The maximum Gasteiger partial charge on any atom is 0.340 e. The molecule has 0 fully saturated rings. The van der Waals surface area contributed by atoms with E-state index in [2.05, 4.69) is 0 Å². The zero-order valence-electron chi connectivity index (χ0n) is 10.2. The maximum atomic E-state index is 12.2. The van der Waals surface area contributed by atoms with Crippen molar-refractivity contribution in [2.45, 2.75) is 16.2 Å². The van der Waals surface area contributed by atoms with Crippen molar-refractivity contribution >= 4 is 21.5 Å². The number of non-ortho nitro benzene ring substituents is 1. The van der Waals surface area contributed by atoms with Crippen molar-refractivity contribution in [2.24, 2.45) is 11.5 Å². The first kappa shape index (κ1) is 16.0. The highest BCUT2D eigenvalue weighted by Crippen LogP contribution is 2.26. The minimum Gasteiger partial charge on any atom is -0.479 e.